The molecule has 0 aliphatic rings. The van der Waals surface area contributed by atoms with Crippen LogP contribution in [0.15, 0.2) is 40.9 Å². The first-order chi connectivity index (χ1) is 8.17. The molecule has 0 aliphatic carbocycles. The number of benzene rings is 1. The Labute approximate surface area is 107 Å². The van der Waals surface area contributed by atoms with Crippen LogP contribution in [-0.2, 0) is 0 Å². The van der Waals surface area contributed by atoms with E-state index in [4.69, 9.17) is 15.7 Å². The van der Waals surface area contributed by atoms with Crippen molar-refractivity contribution in [2.75, 3.05) is 5.73 Å². The first-order valence-corrected chi connectivity index (χ1v) is 5.58. The lowest BCUT2D eigenvalue weighted by atomic mass is 10.3. The normalized spacial score (nSPS) is 9.65. The zero-order chi connectivity index (χ0) is 12.3. The van der Waals surface area contributed by atoms with Gasteiger partial charge < -0.3 is 10.5 Å². The van der Waals surface area contributed by atoms with Crippen molar-refractivity contribution in [1.29, 1.82) is 5.26 Å². The zero-order valence-corrected chi connectivity index (χ0v) is 10.3. The Morgan fingerprint density at radius 1 is 1.29 bits per heavy atom. The molecule has 0 atom stereocenters. The SMILES string of the molecule is N#Cc1cccc(Oc2cc(N)cc(Br)c2)n1. The fourth-order valence-corrected chi connectivity index (χ4v) is 1.79. The number of aromatic nitrogens is 1. The molecule has 0 saturated carbocycles. The molecule has 2 aromatic rings. The molecule has 0 spiro atoms. The molecular formula is C12H8BrN3O. The molecule has 0 fully saturated rings. The molecule has 0 saturated heterocycles. The predicted molar refractivity (Wildman–Crippen MR) is 67.6 cm³/mol. The summed E-state index contributed by atoms with van der Waals surface area (Å²) in [5, 5.41) is 8.72. The lowest BCUT2D eigenvalue weighted by molar-refractivity contribution is 0.462. The van der Waals surface area contributed by atoms with Crippen molar-refractivity contribution in [2.24, 2.45) is 0 Å². The molecule has 0 unspecified atom stereocenters. The smallest absolute Gasteiger partial charge is 0.220 e. The van der Waals surface area contributed by atoms with Crippen LogP contribution in [0.5, 0.6) is 11.6 Å². The summed E-state index contributed by atoms with van der Waals surface area (Å²) < 4.78 is 6.33. The van der Waals surface area contributed by atoms with E-state index < -0.39 is 0 Å². The number of hydrogen-bond acceptors (Lipinski definition) is 4. The highest BCUT2D eigenvalue weighted by Gasteiger charge is 2.02. The van der Waals surface area contributed by atoms with Gasteiger partial charge >= 0.3 is 0 Å². The van der Waals surface area contributed by atoms with Crippen LogP contribution in [0.1, 0.15) is 5.69 Å². The van der Waals surface area contributed by atoms with E-state index in [1.54, 1.807) is 36.4 Å². The van der Waals surface area contributed by atoms with Gasteiger partial charge in [-0.25, -0.2) is 4.98 Å². The van der Waals surface area contributed by atoms with Crippen LogP contribution in [0.25, 0.3) is 0 Å². The third-order valence-electron chi connectivity index (χ3n) is 1.95. The molecule has 84 valence electrons. The molecule has 0 aliphatic heterocycles. The number of nitrogen functional groups attached to an aromatic ring is 1. The predicted octanol–water partition coefficient (Wildman–Crippen LogP) is 3.09. The highest BCUT2D eigenvalue weighted by Crippen LogP contribution is 2.26. The summed E-state index contributed by atoms with van der Waals surface area (Å²) in [6.45, 7) is 0. The molecule has 0 amide bonds. The van der Waals surface area contributed by atoms with Crippen molar-refractivity contribution in [1.82, 2.24) is 4.98 Å². The number of nitrogens with zero attached hydrogens (tertiary/aromatic N) is 2. The molecule has 2 N–H and O–H groups in total. The van der Waals surface area contributed by atoms with Crippen LogP contribution in [0.4, 0.5) is 5.69 Å². The molecule has 1 aromatic heterocycles. The number of rotatable bonds is 2. The summed E-state index contributed by atoms with van der Waals surface area (Å²) in [7, 11) is 0. The number of hydrogen-bond donors (Lipinski definition) is 1. The zero-order valence-electron chi connectivity index (χ0n) is 8.72. The number of ether oxygens (including phenoxy) is 1. The molecule has 0 bridgehead atoms. The Bertz CT molecular complexity index is 572. The lowest BCUT2D eigenvalue weighted by Crippen LogP contribution is -1.91. The van der Waals surface area contributed by atoms with Gasteiger partial charge in [-0.3, -0.25) is 0 Å². The monoisotopic (exact) mass is 289 g/mol. The Kier molecular flexibility index (Phi) is 3.26. The average Bonchev–Trinajstić information content (AvgIpc) is 2.28. The Balaban J connectivity index is 2.28. The molecular weight excluding hydrogens is 282 g/mol. The van der Waals surface area contributed by atoms with Gasteiger partial charge in [-0.05, 0) is 18.2 Å². The second-order valence-electron chi connectivity index (χ2n) is 3.30. The number of pyridine rings is 1. The van der Waals surface area contributed by atoms with Gasteiger partial charge in [0.2, 0.25) is 5.88 Å². The van der Waals surface area contributed by atoms with E-state index in [0.717, 1.165) is 4.47 Å². The van der Waals surface area contributed by atoms with Crippen molar-refractivity contribution in [3.63, 3.8) is 0 Å². The van der Waals surface area contributed by atoms with Gasteiger partial charge in [0, 0.05) is 22.3 Å². The quantitative estimate of drug-likeness (QED) is 0.863. The van der Waals surface area contributed by atoms with E-state index >= 15 is 0 Å². The van der Waals surface area contributed by atoms with E-state index in [1.807, 2.05) is 6.07 Å². The second-order valence-corrected chi connectivity index (χ2v) is 4.21. The first kappa shape index (κ1) is 11.4. The van der Waals surface area contributed by atoms with Crippen LogP contribution < -0.4 is 10.5 Å². The topological polar surface area (TPSA) is 71.9 Å². The summed E-state index contributed by atoms with van der Waals surface area (Å²) in [4.78, 5) is 4.01. The number of halogens is 1. The summed E-state index contributed by atoms with van der Waals surface area (Å²) in [6, 6.07) is 12.2. The third-order valence-corrected chi connectivity index (χ3v) is 2.41. The van der Waals surface area contributed by atoms with Gasteiger partial charge in [-0.1, -0.05) is 22.0 Å². The molecule has 4 nitrogen and oxygen atoms in total. The van der Waals surface area contributed by atoms with Crippen LogP contribution in [0, 0.1) is 11.3 Å². The van der Waals surface area contributed by atoms with E-state index in [0.29, 0.717) is 23.0 Å². The Morgan fingerprint density at radius 3 is 2.82 bits per heavy atom. The third kappa shape index (κ3) is 2.95. The molecule has 1 heterocycles. The van der Waals surface area contributed by atoms with Crippen LogP contribution in [0.3, 0.4) is 0 Å². The minimum absolute atomic E-state index is 0.311. The minimum Gasteiger partial charge on any atom is -0.439 e. The van der Waals surface area contributed by atoms with Crippen LogP contribution >= 0.6 is 15.9 Å². The van der Waals surface area contributed by atoms with Crippen LogP contribution in [-0.4, -0.2) is 4.98 Å². The average molecular weight is 290 g/mol. The lowest BCUT2D eigenvalue weighted by Gasteiger charge is -2.06. The van der Waals surface area contributed by atoms with Gasteiger partial charge in [0.25, 0.3) is 0 Å². The summed E-state index contributed by atoms with van der Waals surface area (Å²) in [5.41, 5.74) is 6.59. The molecule has 1 aromatic carbocycles. The number of nitrogens with two attached hydrogens (primary N) is 1. The highest BCUT2D eigenvalue weighted by molar-refractivity contribution is 9.10. The van der Waals surface area contributed by atoms with E-state index in [-0.39, 0.29) is 0 Å². The summed E-state index contributed by atoms with van der Waals surface area (Å²) in [5.74, 6) is 0.931. The number of nitriles is 1. The molecule has 2 rings (SSSR count). The van der Waals surface area contributed by atoms with Crippen molar-refractivity contribution >= 4 is 21.6 Å². The van der Waals surface area contributed by atoms with Crippen LogP contribution in [0.2, 0.25) is 0 Å². The largest absolute Gasteiger partial charge is 0.439 e. The van der Waals surface area contributed by atoms with E-state index in [1.165, 1.54) is 0 Å². The highest BCUT2D eigenvalue weighted by atomic mass is 79.9. The van der Waals surface area contributed by atoms with Crippen molar-refractivity contribution < 1.29 is 4.74 Å². The van der Waals surface area contributed by atoms with Crippen molar-refractivity contribution in [2.45, 2.75) is 0 Å². The summed E-state index contributed by atoms with van der Waals surface area (Å²) >= 11 is 3.32. The maximum atomic E-state index is 8.72. The van der Waals surface area contributed by atoms with Gasteiger partial charge in [0.05, 0.1) is 0 Å². The number of anilines is 1. The Morgan fingerprint density at radius 2 is 2.12 bits per heavy atom. The molecule has 5 heteroatoms. The van der Waals surface area contributed by atoms with Crippen molar-refractivity contribution in [3.05, 3.63) is 46.6 Å². The molecule has 17 heavy (non-hydrogen) atoms. The van der Waals surface area contributed by atoms with Gasteiger partial charge in [-0.2, -0.15) is 5.26 Å². The van der Waals surface area contributed by atoms with Gasteiger partial charge in [-0.15, -0.1) is 0 Å². The maximum Gasteiger partial charge on any atom is 0.220 e. The fourth-order valence-electron chi connectivity index (χ4n) is 1.30. The van der Waals surface area contributed by atoms with E-state index in [9.17, 15) is 0 Å². The minimum atomic E-state index is 0.311. The van der Waals surface area contributed by atoms with E-state index in [2.05, 4.69) is 20.9 Å². The van der Waals surface area contributed by atoms with Crippen molar-refractivity contribution in [3.8, 4) is 17.7 Å². The first-order valence-electron chi connectivity index (χ1n) is 4.78. The Hall–Kier alpha value is -2.06. The van der Waals surface area contributed by atoms with Gasteiger partial charge in [0.1, 0.15) is 17.5 Å². The standard InChI is InChI=1S/C12H8BrN3O/c13-8-4-9(15)6-11(5-8)17-12-3-1-2-10(7-14)16-12/h1-6H,15H2. The second kappa shape index (κ2) is 4.85. The maximum absolute atomic E-state index is 8.72. The molecule has 0 radical (unpaired) electrons. The fraction of sp³-hybridized carbons (Fsp3) is 0. The van der Waals surface area contributed by atoms with Gasteiger partial charge in [0.15, 0.2) is 0 Å². The summed E-state index contributed by atoms with van der Waals surface area (Å²) in [6.07, 6.45) is 0.